The van der Waals surface area contributed by atoms with Crippen LogP contribution in [0, 0.1) is 10.1 Å². The van der Waals surface area contributed by atoms with Crippen LogP contribution in [0.5, 0.6) is 5.75 Å². The molecule has 7 nitrogen and oxygen atoms in total. The highest BCUT2D eigenvalue weighted by molar-refractivity contribution is 7.86. The minimum Gasteiger partial charge on any atom is -0.468 e. The summed E-state index contributed by atoms with van der Waals surface area (Å²) in [6.07, 6.45) is 0. The molecule has 0 spiro atoms. The molecular formula is C8H8FNO6S. The van der Waals surface area contributed by atoms with Crippen molar-refractivity contribution in [1.82, 2.24) is 0 Å². The first kappa shape index (κ1) is 13.3. The smallest absolute Gasteiger partial charge is 0.339 e. The van der Waals surface area contributed by atoms with Crippen molar-refractivity contribution >= 4 is 15.9 Å². The van der Waals surface area contributed by atoms with E-state index in [4.69, 9.17) is 4.74 Å². The molecule has 0 unspecified atom stereocenters. The molecule has 0 radical (unpaired) electrons. The Balaban J connectivity index is 3.25. The zero-order valence-electron chi connectivity index (χ0n) is 8.62. The lowest BCUT2D eigenvalue weighted by molar-refractivity contribution is -0.387. The lowest BCUT2D eigenvalue weighted by Gasteiger charge is -2.05. The van der Waals surface area contributed by atoms with Crippen LogP contribution in [0.2, 0.25) is 0 Å². The van der Waals surface area contributed by atoms with Gasteiger partial charge < -0.3 is 9.47 Å². The molecule has 1 rings (SSSR count). The summed E-state index contributed by atoms with van der Waals surface area (Å²) in [6.45, 7) is -0.191. The third-order valence-electron chi connectivity index (χ3n) is 1.73. The van der Waals surface area contributed by atoms with Gasteiger partial charge in [-0.1, -0.05) is 0 Å². The molecule has 0 saturated carbocycles. The van der Waals surface area contributed by atoms with E-state index in [1.54, 1.807) is 0 Å². The minimum atomic E-state index is -5.19. The van der Waals surface area contributed by atoms with Crippen LogP contribution in [0.1, 0.15) is 0 Å². The van der Waals surface area contributed by atoms with Gasteiger partial charge in [0.25, 0.3) is 5.69 Å². The Labute approximate surface area is 96.1 Å². The summed E-state index contributed by atoms with van der Waals surface area (Å²) in [7, 11) is -3.86. The van der Waals surface area contributed by atoms with Gasteiger partial charge in [0.05, 0.1) is 4.92 Å². The normalized spacial score (nSPS) is 11.2. The number of halogens is 1. The summed E-state index contributed by atoms with van der Waals surface area (Å²) in [6, 6.07) is 2.72. The number of nitro groups is 1. The standard InChI is InChI=1S/C8H8FNO6S/c1-15-5-16-6-2-3-7(10(11)12)8(4-6)17(9,13)14/h2-4H,5H2,1H3. The summed E-state index contributed by atoms with van der Waals surface area (Å²) < 4.78 is 43.7. The van der Waals surface area contributed by atoms with Crippen molar-refractivity contribution in [3.63, 3.8) is 0 Å². The molecule has 9 heteroatoms. The molecule has 17 heavy (non-hydrogen) atoms. The molecule has 0 fully saturated rings. The van der Waals surface area contributed by atoms with Crippen molar-refractivity contribution in [3.8, 4) is 5.75 Å². The van der Waals surface area contributed by atoms with Crippen LogP contribution in [-0.2, 0) is 15.0 Å². The second-order valence-electron chi connectivity index (χ2n) is 2.88. The highest BCUT2D eigenvalue weighted by Gasteiger charge is 2.26. The van der Waals surface area contributed by atoms with E-state index >= 15 is 0 Å². The molecule has 94 valence electrons. The fourth-order valence-corrected chi connectivity index (χ4v) is 1.71. The average Bonchev–Trinajstić information content (AvgIpc) is 2.24. The first-order valence-electron chi connectivity index (χ1n) is 4.21. The molecule has 0 aliphatic heterocycles. The van der Waals surface area contributed by atoms with E-state index in [-0.39, 0.29) is 12.5 Å². The van der Waals surface area contributed by atoms with Gasteiger partial charge in [-0.25, -0.2) is 0 Å². The summed E-state index contributed by atoms with van der Waals surface area (Å²) in [5.74, 6) is -0.0475. The van der Waals surface area contributed by atoms with Crippen LogP contribution in [0.3, 0.4) is 0 Å². The Bertz CT molecular complexity index is 529. The van der Waals surface area contributed by atoms with Gasteiger partial charge in [-0.15, -0.1) is 3.89 Å². The van der Waals surface area contributed by atoms with Crippen LogP contribution in [0.4, 0.5) is 9.57 Å². The van der Waals surface area contributed by atoms with Crippen LogP contribution in [-0.4, -0.2) is 27.2 Å². The van der Waals surface area contributed by atoms with Gasteiger partial charge in [0.15, 0.2) is 11.7 Å². The van der Waals surface area contributed by atoms with Gasteiger partial charge in [0.2, 0.25) is 0 Å². The molecule has 0 aliphatic carbocycles. The number of nitro benzene ring substituents is 1. The number of hydrogen-bond donors (Lipinski definition) is 0. The second-order valence-corrected chi connectivity index (χ2v) is 4.19. The molecule has 0 N–H and O–H groups in total. The van der Waals surface area contributed by atoms with Crippen LogP contribution in [0.25, 0.3) is 0 Å². The third-order valence-corrected chi connectivity index (χ3v) is 2.59. The van der Waals surface area contributed by atoms with E-state index in [0.717, 1.165) is 18.2 Å². The highest BCUT2D eigenvalue weighted by Crippen LogP contribution is 2.29. The maximum absolute atomic E-state index is 12.8. The maximum Gasteiger partial charge on any atom is 0.339 e. The fraction of sp³-hybridized carbons (Fsp3) is 0.250. The second kappa shape index (κ2) is 5.06. The van der Waals surface area contributed by atoms with Crippen molar-refractivity contribution in [3.05, 3.63) is 28.3 Å². The summed E-state index contributed by atoms with van der Waals surface area (Å²) in [4.78, 5) is 8.46. The first-order valence-corrected chi connectivity index (χ1v) is 5.59. The lowest BCUT2D eigenvalue weighted by Crippen LogP contribution is -2.03. The predicted molar refractivity (Wildman–Crippen MR) is 53.9 cm³/mol. The summed E-state index contributed by atoms with van der Waals surface area (Å²) in [5, 5.41) is 10.5. The molecule has 0 atom stereocenters. The Kier molecular flexibility index (Phi) is 3.97. The van der Waals surface area contributed by atoms with Gasteiger partial charge in [-0.3, -0.25) is 10.1 Å². The molecule has 0 bridgehead atoms. The Morgan fingerprint density at radius 1 is 1.47 bits per heavy atom. The molecule has 0 heterocycles. The average molecular weight is 265 g/mol. The van der Waals surface area contributed by atoms with Crippen molar-refractivity contribution in [2.45, 2.75) is 4.90 Å². The van der Waals surface area contributed by atoms with Crippen molar-refractivity contribution in [1.29, 1.82) is 0 Å². The molecule has 1 aromatic rings. The van der Waals surface area contributed by atoms with Crippen molar-refractivity contribution in [2.24, 2.45) is 0 Å². The van der Waals surface area contributed by atoms with Crippen LogP contribution < -0.4 is 4.74 Å². The van der Waals surface area contributed by atoms with E-state index < -0.39 is 25.7 Å². The number of rotatable bonds is 5. The largest absolute Gasteiger partial charge is 0.468 e. The first-order chi connectivity index (χ1) is 7.86. The third kappa shape index (κ3) is 3.36. The van der Waals surface area contributed by atoms with E-state index in [2.05, 4.69) is 4.74 Å². The highest BCUT2D eigenvalue weighted by atomic mass is 32.3. The molecule has 0 amide bonds. The van der Waals surface area contributed by atoms with Crippen molar-refractivity contribution in [2.75, 3.05) is 13.9 Å². The number of benzene rings is 1. The van der Waals surface area contributed by atoms with Gasteiger partial charge >= 0.3 is 10.2 Å². The lowest BCUT2D eigenvalue weighted by atomic mass is 10.3. The minimum absolute atomic E-state index is 0.0475. The van der Waals surface area contributed by atoms with Gasteiger partial charge in [-0.05, 0) is 6.07 Å². The van der Waals surface area contributed by atoms with Crippen molar-refractivity contribution < 1.29 is 26.7 Å². The quantitative estimate of drug-likeness (QED) is 0.344. The zero-order valence-corrected chi connectivity index (χ0v) is 9.44. The number of ether oxygens (including phenoxy) is 2. The number of methoxy groups -OCH3 is 1. The SMILES string of the molecule is COCOc1ccc([N+](=O)[O-])c(S(=O)(=O)F)c1. The molecule has 1 aromatic carbocycles. The molecule has 0 aromatic heterocycles. The van der Waals surface area contributed by atoms with Gasteiger partial charge in [0, 0.05) is 19.2 Å². The number of nitrogens with zero attached hydrogens (tertiary/aromatic N) is 1. The van der Waals surface area contributed by atoms with E-state index in [0.29, 0.717) is 0 Å². The van der Waals surface area contributed by atoms with E-state index in [1.165, 1.54) is 7.11 Å². The Morgan fingerprint density at radius 2 is 2.12 bits per heavy atom. The Hall–Kier alpha value is -1.74. The number of hydrogen-bond acceptors (Lipinski definition) is 6. The Morgan fingerprint density at radius 3 is 2.59 bits per heavy atom. The molecule has 0 saturated heterocycles. The zero-order chi connectivity index (χ0) is 13.1. The topological polar surface area (TPSA) is 95.7 Å². The van der Waals surface area contributed by atoms with Gasteiger partial charge in [0.1, 0.15) is 5.75 Å². The summed E-state index contributed by atoms with van der Waals surface area (Å²) >= 11 is 0. The van der Waals surface area contributed by atoms with E-state index in [1.807, 2.05) is 0 Å². The fourth-order valence-electron chi connectivity index (χ4n) is 1.06. The summed E-state index contributed by atoms with van der Waals surface area (Å²) in [5.41, 5.74) is -0.850. The molecular weight excluding hydrogens is 257 g/mol. The predicted octanol–water partition coefficient (Wildman–Crippen LogP) is 1.24. The van der Waals surface area contributed by atoms with E-state index in [9.17, 15) is 22.4 Å². The maximum atomic E-state index is 12.8. The van der Waals surface area contributed by atoms with Crippen LogP contribution in [0.15, 0.2) is 23.1 Å². The van der Waals surface area contributed by atoms with Gasteiger partial charge in [-0.2, -0.15) is 8.42 Å². The van der Waals surface area contributed by atoms with Crippen LogP contribution >= 0.6 is 0 Å². The molecule has 0 aliphatic rings. The monoisotopic (exact) mass is 265 g/mol.